The minimum Gasteiger partial charge on any atom is -0.306 e. The first kappa shape index (κ1) is 22.5. The van der Waals surface area contributed by atoms with Crippen molar-refractivity contribution < 1.29 is 13.2 Å². The topological polar surface area (TPSA) is 84.3 Å². The highest BCUT2D eigenvalue weighted by atomic mass is 35.5. The second-order valence-corrected chi connectivity index (χ2v) is 10.5. The first-order chi connectivity index (χ1) is 15.1. The molecular formula is C23H25ClN4O3S. The molecule has 0 atom stereocenters. The molecule has 0 aliphatic carbocycles. The van der Waals surface area contributed by atoms with Crippen LogP contribution in [0.15, 0.2) is 47.4 Å². The molecule has 0 saturated carbocycles. The number of sulfonamides is 1. The smallest absolute Gasteiger partial charge is 0.258 e. The van der Waals surface area contributed by atoms with E-state index in [9.17, 15) is 13.2 Å². The summed E-state index contributed by atoms with van der Waals surface area (Å²) in [5.74, 6) is -0.0274. The van der Waals surface area contributed by atoms with Crippen LogP contribution in [0.2, 0.25) is 5.02 Å². The van der Waals surface area contributed by atoms with Gasteiger partial charge in [0.05, 0.1) is 26.9 Å². The van der Waals surface area contributed by atoms with Gasteiger partial charge in [-0.3, -0.25) is 4.79 Å². The Morgan fingerprint density at radius 3 is 2.31 bits per heavy atom. The Balaban J connectivity index is 1.67. The second kappa shape index (κ2) is 8.69. The van der Waals surface area contributed by atoms with E-state index in [-0.39, 0.29) is 15.5 Å². The maximum absolute atomic E-state index is 13.1. The lowest BCUT2D eigenvalue weighted by atomic mass is 10.1. The maximum atomic E-state index is 13.1. The normalized spacial score (nSPS) is 14.6. The Hall–Kier alpha value is -2.68. The molecule has 1 amide bonds. The zero-order valence-electron chi connectivity index (χ0n) is 18.2. The van der Waals surface area contributed by atoms with Crippen molar-refractivity contribution in [3.8, 4) is 5.69 Å². The summed E-state index contributed by atoms with van der Waals surface area (Å²) < 4.78 is 28.9. The van der Waals surface area contributed by atoms with Crippen molar-refractivity contribution in [1.82, 2.24) is 14.1 Å². The Kier molecular flexibility index (Phi) is 6.11. The van der Waals surface area contributed by atoms with Gasteiger partial charge in [0.15, 0.2) is 0 Å². The number of anilines is 1. The molecule has 168 valence electrons. The van der Waals surface area contributed by atoms with Crippen LogP contribution >= 0.6 is 11.6 Å². The molecule has 2 aromatic carbocycles. The first-order valence-electron chi connectivity index (χ1n) is 10.4. The highest BCUT2D eigenvalue weighted by molar-refractivity contribution is 7.89. The Morgan fingerprint density at radius 1 is 1.00 bits per heavy atom. The van der Waals surface area contributed by atoms with E-state index in [4.69, 9.17) is 11.6 Å². The molecule has 4 rings (SSSR count). The van der Waals surface area contributed by atoms with Gasteiger partial charge < -0.3 is 5.32 Å². The molecule has 9 heteroatoms. The van der Waals surface area contributed by atoms with Crippen LogP contribution in [-0.4, -0.2) is 41.5 Å². The van der Waals surface area contributed by atoms with E-state index in [1.54, 1.807) is 10.7 Å². The second-order valence-electron chi connectivity index (χ2n) is 8.14. The average Bonchev–Trinajstić information content (AvgIpc) is 3.38. The molecule has 32 heavy (non-hydrogen) atoms. The first-order valence-corrected chi connectivity index (χ1v) is 12.2. The average molecular weight is 473 g/mol. The zero-order valence-corrected chi connectivity index (χ0v) is 19.8. The van der Waals surface area contributed by atoms with E-state index in [1.807, 2.05) is 32.9 Å². The lowest BCUT2D eigenvalue weighted by molar-refractivity contribution is 0.102. The largest absolute Gasteiger partial charge is 0.306 e. The van der Waals surface area contributed by atoms with Crippen molar-refractivity contribution in [1.29, 1.82) is 0 Å². The summed E-state index contributed by atoms with van der Waals surface area (Å²) in [5, 5.41) is 7.53. The zero-order chi connectivity index (χ0) is 23.0. The summed E-state index contributed by atoms with van der Waals surface area (Å²) in [6.45, 7) is 6.81. The fourth-order valence-electron chi connectivity index (χ4n) is 3.96. The SMILES string of the molecule is Cc1cc(C)cc(-n2nc(C)cc2NC(=O)c2cc(S(=O)(=O)N3CCCC3)ccc2Cl)c1. The fraction of sp³-hybridized carbons (Fsp3) is 0.304. The van der Waals surface area contributed by atoms with Crippen LogP contribution in [0.1, 0.15) is 40.0 Å². The predicted molar refractivity (Wildman–Crippen MR) is 125 cm³/mol. The van der Waals surface area contributed by atoms with Gasteiger partial charge in [-0.1, -0.05) is 17.7 Å². The van der Waals surface area contributed by atoms with Crippen LogP contribution < -0.4 is 5.32 Å². The summed E-state index contributed by atoms with van der Waals surface area (Å²) in [6, 6.07) is 12.0. The number of hydrogen-bond donors (Lipinski definition) is 1. The summed E-state index contributed by atoms with van der Waals surface area (Å²) in [4.78, 5) is 13.2. The molecule has 3 aromatic rings. The van der Waals surface area contributed by atoms with E-state index in [0.29, 0.717) is 18.9 Å². The van der Waals surface area contributed by atoms with Crippen molar-refractivity contribution in [2.45, 2.75) is 38.5 Å². The monoisotopic (exact) mass is 472 g/mol. The van der Waals surface area contributed by atoms with Gasteiger partial charge in [-0.25, -0.2) is 13.1 Å². The number of aryl methyl sites for hydroxylation is 3. The molecule has 2 heterocycles. The van der Waals surface area contributed by atoms with Crippen molar-refractivity contribution in [3.05, 3.63) is 69.9 Å². The van der Waals surface area contributed by atoms with Crippen LogP contribution in [0.3, 0.4) is 0 Å². The summed E-state index contributed by atoms with van der Waals surface area (Å²) in [6.07, 6.45) is 1.67. The van der Waals surface area contributed by atoms with Crippen molar-refractivity contribution >= 4 is 33.3 Å². The Bertz CT molecular complexity index is 1270. The predicted octanol–water partition coefficient (Wildman–Crippen LogP) is 4.49. The molecule has 0 radical (unpaired) electrons. The van der Waals surface area contributed by atoms with Crippen LogP contribution in [0, 0.1) is 20.8 Å². The molecule has 0 bridgehead atoms. The number of carbonyl (C=O) groups excluding carboxylic acids is 1. The number of nitrogens with zero attached hydrogens (tertiary/aromatic N) is 3. The number of amides is 1. The van der Waals surface area contributed by atoms with Gasteiger partial charge in [-0.15, -0.1) is 0 Å². The van der Waals surface area contributed by atoms with E-state index in [1.165, 1.54) is 22.5 Å². The number of rotatable bonds is 5. The number of benzene rings is 2. The Morgan fingerprint density at radius 2 is 1.66 bits per heavy atom. The van der Waals surface area contributed by atoms with E-state index in [2.05, 4.69) is 16.5 Å². The molecule has 1 aliphatic rings. The van der Waals surface area contributed by atoms with Crippen molar-refractivity contribution in [2.24, 2.45) is 0 Å². The summed E-state index contributed by atoms with van der Waals surface area (Å²) in [7, 11) is -3.66. The number of hydrogen-bond acceptors (Lipinski definition) is 4. The quantitative estimate of drug-likeness (QED) is 0.593. The van der Waals surface area contributed by atoms with E-state index >= 15 is 0 Å². The van der Waals surface area contributed by atoms with Gasteiger partial charge in [0.25, 0.3) is 5.91 Å². The molecule has 0 spiro atoms. The molecule has 1 aliphatic heterocycles. The van der Waals surface area contributed by atoms with Crippen LogP contribution in [0.25, 0.3) is 5.69 Å². The van der Waals surface area contributed by atoms with E-state index in [0.717, 1.165) is 35.3 Å². The molecule has 1 fully saturated rings. The van der Waals surface area contributed by atoms with E-state index < -0.39 is 15.9 Å². The standard InChI is InChI=1S/C23H25ClN4O3S/c1-15-10-16(2)12-18(11-15)28-22(13-17(3)26-28)25-23(29)20-14-19(6-7-21(20)24)32(30,31)27-8-4-5-9-27/h6-7,10-14H,4-5,8-9H2,1-3H3,(H,25,29). The molecule has 1 N–H and O–H groups in total. The number of nitrogens with one attached hydrogen (secondary N) is 1. The lowest BCUT2D eigenvalue weighted by Gasteiger charge is -2.16. The van der Waals surface area contributed by atoms with Gasteiger partial charge in [0.2, 0.25) is 10.0 Å². The van der Waals surface area contributed by atoms with Crippen molar-refractivity contribution in [2.75, 3.05) is 18.4 Å². The molecular weight excluding hydrogens is 448 g/mol. The summed E-state index contributed by atoms with van der Waals surface area (Å²) >= 11 is 6.28. The van der Waals surface area contributed by atoms with Gasteiger partial charge in [-0.05, 0) is 75.1 Å². The van der Waals surface area contributed by atoms with Gasteiger partial charge in [0.1, 0.15) is 5.82 Å². The highest BCUT2D eigenvalue weighted by Crippen LogP contribution is 2.27. The Labute approximate surface area is 193 Å². The lowest BCUT2D eigenvalue weighted by Crippen LogP contribution is -2.28. The van der Waals surface area contributed by atoms with Crippen molar-refractivity contribution in [3.63, 3.8) is 0 Å². The summed E-state index contributed by atoms with van der Waals surface area (Å²) in [5.41, 5.74) is 3.80. The minimum atomic E-state index is -3.66. The van der Waals surface area contributed by atoms with Gasteiger partial charge >= 0.3 is 0 Å². The number of halogens is 1. The van der Waals surface area contributed by atoms with Crippen LogP contribution in [-0.2, 0) is 10.0 Å². The molecule has 1 aromatic heterocycles. The molecule has 0 unspecified atom stereocenters. The number of carbonyl (C=O) groups is 1. The minimum absolute atomic E-state index is 0.0629. The van der Waals surface area contributed by atoms with Crippen LogP contribution in [0.5, 0.6) is 0 Å². The molecule has 7 nitrogen and oxygen atoms in total. The van der Waals surface area contributed by atoms with Crippen LogP contribution in [0.4, 0.5) is 5.82 Å². The third-order valence-corrected chi connectivity index (χ3v) is 7.63. The van der Waals surface area contributed by atoms with Gasteiger partial charge in [-0.2, -0.15) is 9.40 Å². The third-order valence-electron chi connectivity index (χ3n) is 5.41. The number of aromatic nitrogens is 2. The third kappa shape index (κ3) is 4.44. The maximum Gasteiger partial charge on any atom is 0.258 e. The highest BCUT2D eigenvalue weighted by Gasteiger charge is 2.28. The fourth-order valence-corrected chi connectivity index (χ4v) is 5.71. The van der Waals surface area contributed by atoms with Gasteiger partial charge in [0, 0.05) is 19.2 Å². The molecule has 1 saturated heterocycles.